The van der Waals surface area contributed by atoms with Crippen molar-refractivity contribution in [2.75, 3.05) is 0 Å². The lowest BCUT2D eigenvalue weighted by Gasteiger charge is -2.19. The van der Waals surface area contributed by atoms with E-state index in [4.69, 9.17) is 4.42 Å². The molecule has 0 fully saturated rings. The molecule has 10 rings (SSSR count). The molecule has 1 aromatic heterocycles. The lowest BCUT2D eigenvalue weighted by Crippen LogP contribution is -1.92. The molecule has 0 bridgehead atoms. The van der Waals surface area contributed by atoms with Crippen molar-refractivity contribution in [1.29, 1.82) is 0 Å². The predicted molar refractivity (Wildman–Crippen MR) is 191 cm³/mol. The van der Waals surface area contributed by atoms with E-state index in [1.165, 1.54) is 87.2 Å². The summed E-state index contributed by atoms with van der Waals surface area (Å²) < 4.78 is 6.33. The third-order valence-electron chi connectivity index (χ3n) is 9.58. The van der Waals surface area contributed by atoms with E-state index in [0.717, 1.165) is 11.2 Å². The molecule has 1 heterocycles. The van der Waals surface area contributed by atoms with Crippen LogP contribution in [0.1, 0.15) is 0 Å². The van der Waals surface area contributed by atoms with E-state index >= 15 is 0 Å². The van der Waals surface area contributed by atoms with Gasteiger partial charge in [-0.05, 0) is 107 Å². The van der Waals surface area contributed by atoms with Crippen molar-refractivity contribution in [2.24, 2.45) is 0 Å². The standard InChI is InChI=1S/C44H26O/c1-2-10-27(11-3-1)29-22-20-28-21-23-31(25-32(28)24-29)41-33-13-4-6-15-35(33)43(36-16-7-5-14-34(36)41)38-26-30-12-8-18-39-42(30)44-37(38)17-9-19-40(44)45-39/h1-26H. The highest BCUT2D eigenvalue weighted by Crippen LogP contribution is 2.48. The third-order valence-corrected chi connectivity index (χ3v) is 9.58. The number of rotatable bonds is 3. The minimum Gasteiger partial charge on any atom is -0.456 e. The second kappa shape index (κ2) is 9.29. The van der Waals surface area contributed by atoms with E-state index in [1.807, 2.05) is 0 Å². The Bertz CT molecular complexity index is 2690. The fourth-order valence-corrected chi connectivity index (χ4v) is 7.62. The lowest BCUT2D eigenvalue weighted by atomic mass is 9.83. The number of benzene rings is 9. The summed E-state index contributed by atoms with van der Waals surface area (Å²) in [6.07, 6.45) is 0. The maximum atomic E-state index is 6.33. The lowest BCUT2D eigenvalue weighted by molar-refractivity contribution is 0.669. The smallest absolute Gasteiger partial charge is 0.136 e. The summed E-state index contributed by atoms with van der Waals surface area (Å²) in [7, 11) is 0. The van der Waals surface area contributed by atoms with Gasteiger partial charge in [0.05, 0.1) is 0 Å². The van der Waals surface area contributed by atoms with Gasteiger partial charge in [0.2, 0.25) is 0 Å². The number of furan rings is 1. The van der Waals surface area contributed by atoms with Gasteiger partial charge >= 0.3 is 0 Å². The van der Waals surface area contributed by atoms with Gasteiger partial charge in [-0.25, -0.2) is 0 Å². The molecule has 0 radical (unpaired) electrons. The average molecular weight is 571 g/mol. The molecule has 208 valence electrons. The van der Waals surface area contributed by atoms with Gasteiger partial charge in [-0.1, -0.05) is 127 Å². The van der Waals surface area contributed by atoms with Gasteiger partial charge in [0.15, 0.2) is 0 Å². The zero-order valence-corrected chi connectivity index (χ0v) is 24.4. The SMILES string of the molecule is c1ccc(-c2ccc3ccc(-c4c5ccccc5c(-c5cc6cccc7oc8cccc5c8c67)c5ccccc45)cc3c2)cc1. The Morgan fingerprint density at radius 2 is 0.889 bits per heavy atom. The highest BCUT2D eigenvalue weighted by Gasteiger charge is 2.21. The van der Waals surface area contributed by atoms with Crippen molar-refractivity contribution in [3.05, 3.63) is 158 Å². The predicted octanol–water partition coefficient (Wildman–Crippen LogP) is 12.6. The van der Waals surface area contributed by atoms with Crippen LogP contribution in [0.3, 0.4) is 0 Å². The van der Waals surface area contributed by atoms with Gasteiger partial charge in [0.25, 0.3) is 0 Å². The zero-order valence-electron chi connectivity index (χ0n) is 24.4. The van der Waals surface area contributed by atoms with Crippen molar-refractivity contribution in [1.82, 2.24) is 0 Å². The number of hydrogen-bond donors (Lipinski definition) is 0. The largest absolute Gasteiger partial charge is 0.456 e. The normalized spacial score (nSPS) is 12.0. The first-order chi connectivity index (χ1) is 22.3. The molecule has 0 N–H and O–H groups in total. The van der Waals surface area contributed by atoms with Crippen molar-refractivity contribution < 1.29 is 4.42 Å². The molecule has 1 nitrogen and oxygen atoms in total. The van der Waals surface area contributed by atoms with Crippen LogP contribution in [-0.4, -0.2) is 0 Å². The average Bonchev–Trinajstić information content (AvgIpc) is 3.50. The van der Waals surface area contributed by atoms with Crippen molar-refractivity contribution >= 4 is 65.0 Å². The quantitative estimate of drug-likeness (QED) is 0.152. The summed E-state index contributed by atoms with van der Waals surface area (Å²) in [6.45, 7) is 0. The molecule has 0 saturated heterocycles. The Labute approximate surface area is 259 Å². The molecule has 0 saturated carbocycles. The van der Waals surface area contributed by atoms with Crippen LogP contribution in [0.2, 0.25) is 0 Å². The summed E-state index contributed by atoms with van der Waals surface area (Å²) in [4.78, 5) is 0. The Morgan fingerprint density at radius 3 is 1.62 bits per heavy atom. The topological polar surface area (TPSA) is 13.1 Å². The molecule has 0 atom stereocenters. The van der Waals surface area contributed by atoms with Gasteiger partial charge < -0.3 is 4.42 Å². The molecular weight excluding hydrogens is 544 g/mol. The van der Waals surface area contributed by atoms with E-state index in [1.54, 1.807) is 0 Å². The van der Waals surface area contributed by atoms with Crippen LogP contribution in [0.15, 0.2) is 162 Å². The van der Waals surface area contributed by atoms with Crippen LogP contribution in [0, 0.1) is 0 Å². The fourth-order valence-electron chi connectivity index (χ4n) is 7.62. The summed E-state index contributed by atoms with van der Waals surface area (Å²) in [6, 6.07) is 57.4. The molecule has 10 aromatic rings. The summed E-state index contributed by atoms with van der Waals surface area (Å²) in [5.74, 6) is 0. The molecule has 9 aromatic carbocycles. The molecule has 0 unspecified atom stereocenters. The van der Waals surface area contributed by atoms with E-state index in [-0.39, 0.29) is 0 Å². The van der Waals surface area contributed by atoms with E-state index < -0.39 is 0 Å². The molecule has 0 aliphatic carbocycles. The van der Waals surface area contributed by atoms with Gasteiger partial charge in [0.1, 0.15) is 11.2 Å². The molecule has 45 heavy (non-hydrogen) atoms. The molecule has 0 spiro atoms. The van der Waals surface area contributed by atoms with Crippen molar-refractivity contribution in [3.63, 3.8) is 0 Å². The fraction of sp³-hybridized carbons (Fsp3) is 0. The van der Waals surface area contributed by atoms with Crippen LogP contribution in [0.5, 0.6) is 0 Å². The molecule has 0 amide bonds. The van der Waals surface area contributed by atoms with Crippen LogP contribution in [-0.2, 0) is 0 Å². The van der Waals surface area contributed by atoms with Crippen LogP contribution in [0.25, 0.3) is 98.4 Å². The van der Waals surface area contributed by atoms with Gasteiger partial charge in [-0.15, -0.1) is 0 Å². The Kier molecular flexibility index (Phi) is 5.06. The minimum absolute atomic E-state index is 0.941. The summed E-state index contributed by atoms with van der Waals surface area (Å²) in [5.41, 5.74) is 9.37. The van der Waals surface area contributed by atoms with Crippen LogP contribution < -0.4 is 0 Å². The van der Waals surface area contributed by atoms with E-state index in [2.05, 4.69) is 158 Å². The first-order valence-electron chi connectivity index (χ1n) is 15.5. The van der Waals surface area contributed by atoms with Crippen molar-refractivity contribution in [3.8, 4) is 33.4 Å². The van der Waals surface area contributed by atoms with Crippen LogP contribution in [0.4, 0.5) is 0 Å². The summed E-state index contributed by atoms with van der Waals surface area (Å²) in [5, 5.41) is 12.4. The molecular formula is C44H26O. The van der Waals surface area contributed by atoms with Crippen molar-refractivity contribution in [2.45, 2.75) is 0 Å². The number of hydrogen-bond acceptors (Lipinski definition) is 1. The Balaban J connectivity index is 1.29. The second-order valence-corrected chi connectivity index (χ2v) is 12.0. The zero-order chi connectivity index (χ0) is 29.5. The molecule has 1 heteroatoms. The van der Waals surface area contributed by atoms with Gasteiger partial charge in [-0.2, -0.15) is 0 Å². The third kappa shape index (κ3) is 3.56. The van der Waals surface area contributed by atoms with Crippen LogP contribution >= 0.6 is 0 Å². The first-order valence-corrected chi connectivity index (χ1v) is 15.5. The summed E-state index contributed by atoms with van der Waals surface area (Å²) >= 11 is 0. The Hall–Kier alpha value is -5.92. The Morgan fingerprint density at radius 1 is 0.311 bits per heavy atom. The van der Waals surface area contributed by atoms with Gasteiger partial charge in [-0.3, -0.25) is 0 Å². The molecule has 0 aliphatic rings. The highest BCUT2D eigenvalue weighted by atomic mass is 16.3. The monoisotopic (exact) mass is 570 g/mol. The molecule has 0 aliphatic heterocycles. The maximum Gasteiger partial charge on any atom is 0.136 e. The number of fused-ring (bicyclic) bond motifs is 3. The maximum absolute atomic E-state index is 6.33. The first kappa shape index (κ1) is 24.5. The highest BCUT2D eigenvalue weighted by molar-refractivity contribution is 6.29. The van der Waals surface area contributed by atoms with Gasteiger partial charge in [0, 0.05) is 10.8 Å². The second-order valence-electron chi connectivity index (χ2n) is 12.0. The van der Waals surface area contributed by atoms with E-state index in [9.17, 15) is 0 Å². The van der Waals surface area contributed by atoms with E-state index in [0.29, 0.717) is 0 Å². The minimum atomic E-state index is 0.941.